The van der Waals surface area contributed by atoms with E-state index in [4.69, 9.17) is 4.74 Å². The van der Waals surface area contributed by atoms with Gasteiger partial charge in [-0.3, -0.25) is 0 Å². The van der Waals surface area contributed by atoms with Crippen molar-refractivity contribution >= 4 is 5.97 Å². The number of ether oxygens (including phenoxy) is 1. The molecule has 0 amide bonds. The second kappa shape index (κ2) is 4.42. The lowest BCUT2D eigenvalue weighted by Crippen LogP contribution is -2.38. The van der Waals surface area contributed by atoms with Crippen LogP contribution in [0.15, 0.2) is 12.2 Å². The molecule has 0 aliphatic carbocycles. The summed E-state index contributed by atoms with van der Waals surface area (Å²) in [7, 11) is 2.04. The van der Waals surface area contributed by atoms with Crippen molar-refractivity contribution in [2.24, 2.45) is 0 Å². The van der Waals surface area contributed by atoms with Gasteiger partial charge in [0.25, 0.3) is 0 Å². The minimum Gasteiger partial charge on any atom is -0.458 e. The molecule has 0 spiro atoms. The van der Waals surface area contributed by atoms with Crippen molar-refractivity contribution in [2.45, 2.75) is 25.9 Å². The van der Waals surface area contributed by atoms with E-state index in [9.17, 15) is 4.79 Å². The Morgan fingerprint density at radius 2 is 2.31 bits per heavy atom. The molecule has 0 bridgehead atoms. The van der Waals surface area contributed by atoms with Crippen molar-refractivity contribution in [2.75, 3.05) is 20.1 Å². The van der Waals surface area contributed by atoms with Crippen LogP contribution >= 0.6 is 0 Å². The molecule has 1 rings (SSSR count). The summed E-state index contributed by atoms with van der Waals surface area (Å²) in [4.78, 5) is 13.4. The van der Waals surface area contributed by atoms with E-state index in [-0.39, 0.29) is 12.1 Å². The largest absolute Gasteiger partial charge is 0.458 e. The predicted molar refractivity (Wildman–Crippen MR) is 51.4 cm³/mol. The zero-order valence-electron chi connectivity index (χ0n) is 8.38. The van der Waals surface area contributed by atoms with Crippen molar-refractivity contribution in [1.82, 2.24) is 4.90 Å². The average Bonchev–Trinajstić information content (AvgIpc) is 2.04. The summed E-state index contributed by atoms with van der Waals surface area (Å²) >= 11 is 0. The Bertz CT molecular complexity index is 213. The first kappa shape index (κ1) is 10.3. The molecule has 0 saturated carbocycles. The van der Waals surface area contributed by atoms with Crippen LogP contribution < -0.4 is 0 Å². The quantitative estimate of drug-likeness (QED) is 0.476. The number of carbonyl (C=O) groups excluding carboxylic acids is 1. The van der Waals surface area contributed by atoms with E-state index in [2.05, 4.69) is 11.5 Å². The van der Waals surface area contributed by atoms with Gasteiger partial charge in [-0.15, -0.1) is 0 Å². The first-order chi connectivity index (χ1) is 6.09. The van der Waals surface area contributed by atoms with E-state index in [1.807, 2.05) is 7.05 Å². The minimum absolute atomic E-state index is 0.0583. The molecule has 0 N–H and O–H groups in total. The van der Waals surface area contributed by atoms with E-state index in [0.29, 0.717) is 5.57 Å². The maximum absolute atomic E-state index is 11.2. The van der Waals surface area contributed by atoms with Crippen LogP contribution in [0.2, 0.25) is 0 Å². The van der Waals surface area contributed by atoms with Crippen molar-refractivity contribution < 1.29 is 9.53 Å². The minimum atomic E-state index is -0.264. The fraction of sp³-hybridized carbons (Fsp3) is 0.700. The molecule has 74 valence electrons. The van der Waals surface area contributed by atoms with Gasteiger partial charge in [-0.05, 0) is 33.4 Å². The Hall–Kier alpha value is -0.830. The fourth-order valence-corrected chi connectivity index (χ4v) is 1.47. The summed E-state index contributed by atoms with van der Waals surface area (Å²) in [5.41, 5.74) is 0.480. The molecule has 1 fully saturated rings. The average molecular weight is 183 g/mol. The third-order valence-electron chi connectivity index (χ3n) is 2.20. The van der Waals surface area contributed by atoms with Crippen molar-refractivity contribution in [1.29, 1.82) is 0 Å². The Morgan fingerprint density at radius 1 is 1.62 bits per heavy atom. The van der Waals surface area contributed by atoms with Crippen LogP contribution in [0.25, 0.3) is 0 Å². The number of rotatable bonds is 2. The normalized spacial score (nSPS) is 24.0. The van der Waals surface area contributed by atoms with E-state index in [1.165, 1.54) is 0 Å². The molecule has 1 saturated heterocycles. The molecule has 0 radical (unpaired) electrons. The second-order valence-electron chi connectivity index (χ2n) is 3.71. The zero-order chi connectivity index (χ0) is 9.84. The molecule has 0 aromatic carbocycles. The van der Waals surface area contributed by atoms with Crippen molar-refractivity contribution in [3.63, 3.8) is 0 Å². The molecule has 0 aromatic rings. The van der Waals surface area contributed by atoms with Gasteiger partial charge in [0.2, 0.25) is 0 Å². The number of nitrogens with zero attached hydrogens (tertiary/aromatic N) is 1. The van der Waals surface area contributed by atoms with Crippen molar-refractivity contribution in [3.8, 4) is 0 Å². The SMILES string of the molecule is C=C(C)C(=O)O[C@H]1CCCN(C)C1. The maximum atomic E-state index is 11.2. The molecule has 13 heavy (non-hydrogen) atoms. The summed E-state index contributed by atoms with van der Waals surface area (Å²) in [6.45, 7) is 7.17. The summed E-state index contributed by atoms with van der Waals surface area (Å²) in [6.07, 6.45) is 2.14. The molecule has 3 heteroatoms. The summed E-state index contributed by atoms with van der Waals surface area (Å²) in [5.74, 6) is -0.264. The van der Waals surface area contributed by atoms with E-state index in [0.717, 1.165) is 25.9 Å². The molecule has 3 nitrogen and oxygen atoms in total. The second-order valence-corrected chi connectivity index (χ2v) is 3.71. The van der Waals surface area contributed by atoms with Crippen LogP contribution in [0.5, 0.6) is 0 Å². The lowest BCUT2D eigenvalue weighted by molar-refractivity contribution is -0.146. The van der Waals surface area contributed by atoms with Gasteiger partial charge in [0.1, 0.15) is 6.10 Å². The number of esters is 1. The highest BCUT2D eigenvalue weighted by atomic mass is 16.5. The first-order valence-electron chi connectivity index (χ1n) is 4.64. The highest BCUT2D eigenvalue weighted by molar-refractivity contribution is 5.87. The molecular weight excluding hydrogens is 166 g/mol. The summed E-state index contributed by atoms with van der Waals surface area (Å²) in [5, 5.41) is 0. The van der Waals surface area contributed by atoms with Gasteiger partial charge in [-0.25, -0.2) is 4.79 Å². The zero-order valence-corrected chi connectivity index (χ0v) is 8.38. The Balaban J connectivity index is 2.36. The maximum Gasteiger partial charge on any atom is 0.333 e. The molecule has 1 atom stereocenters. The Morgan fingerprint density at radius 3 is 2.85 bits per heavy atom. The number of likely N-dealkylation sites (tertiary alicyclic amines) is 1. The smallest absolute Gasteiger partial charge is 0.333 e. The van der Waals surface area contributed by atoms with Crippen LogP contribution in [0.3, 0.4) is 0 Å². The molecule has 0 unspecified atom stereocenters. The van der Waals surface area contributed by atoms with Gasteiger partial charge in [0.15, 0.2) is 0 Å². The molecule has 1 aliphatic rings. The molecule has 1 heterocycles. The first-order valence-corrected chi connectivity index (χ1v) is 4.64. The van der Waals surface area contributed by atoms with Gasteiger partial charge < -0.3 is 9.64 Å². The number of hydrogen-bond donors (Lipinski definition) is 0. The van der Waals surface area contributed by atoms with E-state index < -0.39 is 0 Å². The van der Waals surface area contributed by atoms with E-state index >= 15 is 0 Å². The highest BCUT2D eigenvalue weighted by Gasteiger charge is 2.20. The topological polar surface area (TPSA) is 29.5 Å². The van der Waals surface area contributed by atoms with Crippen LogP contribution in [-0.4, -0.2) is 37.1 Å². The Kier molecular flexibility index (Phi) is 3.48. The number of hydrogen-bond acceptors (Lipinski definition) is 3. The number of likely N-dealkylation sites (N-methyl/N-ethyl adjacent to an activating group) is 1. The van der Waals surface area contributed by atoms with Gasteiger partial charge in [-0.2, -0.15) is 0 Å². The fourth-order valence-electron chi connectivity index (χ4n) is 1.47. The lowest BCUT2D eigenvalue weighted by atomic mass is 10.1. The van der Waals surface area contributed by atoms with Crippen molar-refractivity contribution in [3.05, 3.63) is 12.2 Å². The number of piperidine rings is 1. The monoisotopic (exact) mass is 183 g/mol. The standard InChI is InChI=1S/C10H17NO2/c1-8(2)10(12)13-9-5-4-6-11(3)7-9/h9H,1,4-7H2,2-3H3/t9-/m0/s1. The van der Waals surface area contributed by atoms with Crippen LogP contribution in [-0.2, 0) is 9.53 Å². The summed E-state index contributed by atoms with van der Waals surface area (Å²) < 4.78 is 5.24. The van der Waals surface area contributed by atoms with E-state index in [1.54, 1.807) is 6.92 Å². The van der Waals surface area contributed by atoms with Crippen LogP contribution in [0.4, 0.5) is 0 Å². The molecular formula is C10H17NO2. The number of carbonyl (C=O) groups is 1. The predicted octanol–water partition coefficient (Wildman–Crippen LogP) is 1.20. The lowest BCUT2D eigenvalue weighted by Gasteiger charge is -2.29. The van der Waals surface area contributed by atoms with Gasteiger partial charge in [0.05, 0.1) is 0 Å². The molecule has 1 aliphatic heterocycles. The third kappa shape index (κ3) is 3.19. The summed E-state index contributed by atoms with van der Waals surface area (Å²) in [6, 6.07) is 0. The van der Waals surface area contributed by atoms with Gasteiger partial charge in [-0.1, -0.05) is 6.58 Å². The van der Waals surface area contributed by atoms with Gasteiger partial charge >= 0.3 is 5.97 Å². The Labute approximate surface area is 79.4 Å². The third-order valence-corrected chi connectivity index (χ3v) is 2.20. The van der Waals surface area contributed by atoms with Crippen LogP contribution in [0, 0.1) is 0 Å². The molecule has 0 aromatic heterocycles. The van der Waals surface area contributed by atoms with Gasteiger partial charge in [0, 0.05) is 12.1 Å². The van der Waals surface area contributed by atoms with Crippen LogP contribution in [0.1, 0.15) is 19.8 Å². The highest BCUT2D eigenvalue weighted by Crippen LogP contribution is 2.12.